The molecule has 3 atom stereocenters. The number of benzene rings is 1. The number of hydrogen-bond acceptors (Lipinski definition) is 6. The van der Waals surface area contributed by atoms with E-state index < -0.39 is 11.0 Å². The quantitative estimate of drug-likeness (QED) is 0.403. The van der Waals surface area contributed by atoms with E-state index in [4.69, 9.17) is 9.47 Å². The molecule has 8 heteroatoms. The summed E-state index contributed by atoms with van der Waals surface area (Å²) >= 11 is 0. The molecule has 3 aromatic heterocycles. The van der Waals surface area contributed by atoms with E-state index in [2.05, 4.69) is 16.9 Å². The molecule has 0 N–H and O–H groups in total. The van der Waals surface area contributed by atoms with E-state index >= 15 is 0 Å². The van der Waals surface area contributed by atoms with Gasteiger partial charge in [0.1, 0.15) is 11.5 Å². The van der Waals surface area contributed by atoms with Gasteiger partial charge in [-0.25, -0.2) is 13.2 Å². The van der Waals surface area contributed by atoms with Gasteiger partial charge in [-0.3, -0.25) is 9.78 Å². The van der Waals surface area contributed by atoms with Crippen LogP contribution in [0.15, 0.2) is 72.0 Å². The third-order valence-electron chi connectivity index (χ3n) is 5.95. The Hall–Kier alpha value is -3.52. The molecule has 0 saturated carbocycles. The van der Waals surface area contributed by atoms with Gasteiger partial charge in [0.25, 0.3) is 0 Å². The Morgan fingerprint density at radius 1 is 1.15 bits per heavy atom. The Kier molecular flexibility index (Phi) is 5.68. The fourth-order valence-electron chi connectivity index (χ4n) is 4.39. The van der Waals surface area contributed by atoms with Crippen molar-refractivity contribution in [1.29, 1.82) is 0 Å². The first-order valence-electron chi connectivity index (χ1n) is 10.7. The highest BCUT2D eigenvalue weighted by Crippen LogP contribution is 2.37. The first kappa shape index (κ1) is 21.3. The molecule has 0 bridgehead atoms. The lowest BCUT2D eigenvalue weighted by atomic mass is 9.80. The molecule has 0 aliphatic heterocycles. The largest absolute Gasteiger partial charge is 0.469 e. The number of pyridine rings is 2. The molecule has 0 radical (unpaired) electrons. The van der Waals surface area contributed by atoms with Crippen LogP contribution in [0.4, 0.5) is 0 Å². The Balaban J connectivity index is 1.45. The lowest BCUT2D eigenvalue weighted by Crippen LogP contribution is -2.26. The lowest BCUT2D eigenvalue weighted by molar-refractivity contribution is -0.146. The highest BCUT2D eigenvalue weighted by molar-refractivity contribution is 7.83. The molecular formula is C25H23N3O4S. The fraction of sp³-hybridized carbons (Fsp3) is 0.240. The second kappa shape index (κ2) is 8.78. The average Bonchev–Trinajstić information content (AvgIpc) is 3.28. The molecule has 7 nitrogen and oxygen atoms in total. The van der Waals surface area contributed by atoms with Gasteiger partial charge in [0, 0.05) is 18.1 Å². The van der Waals surface area contributed by atoms with Crippen molar-refractivity contribution in [1.82, 2.24) is 13.9 Å². The smallest absolute Gasteiger partial charge is 0.309 e. The summed E-state index contributed by atoms with van der Waals surface area (Å²) < 4.78 is 25.8. The van der Waals surface area contributed by atoms with Crippen molar-refractivity contribution in [3.05, 3.63) is 78.4 Å². The molecule has 0 spiro atoms. The van der Waals surface area contributed by atoms with Gasteiger partial charge >= 0.3 is 5.97 Å². The Labute approximate surface area is 194 Å². The van der Waals surface area contributed by atoms with Crippen molar-refractivity contribution in [3.8, 4) is 11.5 Å². The van der Waals surface area contributed by atoms with Crippen molar-refractivity contribution in [3.63, 3.8) is 0 Å². The van der Waals surface area contributed by atoms with Crippen molar-refractivity contribution < 1.29 is 18.5 Å². The van der Waals surface area contributed by atoms with Gasteiger partial charge in [0.2, 0.25) is 0 Å². The van der Waals surface area contributed by atoms with E-state index in [1.54, 1.807) is 28.6 Å². The van der Waals surface area contributed by atoms with E-state index in [0.717, 1.165) is 23.1 Å². The van der Waals surface area contributed by atoms with Crippen molar-refractivity contribution in [2.75, 3.05) is 7.11 Å². The highest BCUT2D eigenvalue weighted by atomic mass is 32.2. The Morgan fingerprint density at radius 2 is 1.97 bits per heavy atom. The average molecular weight is 462 g/mol. The number of fused-ring (bicyclic) bond motifs is 2. The van der Waals surface area contributed by atoms with Crippen molar-refractivity contribution >= 4 is 28.0 Å². The number of carbonyl (C=O) groups is 1. The maximum atomic E-state index is 13.0. The molecule has 1 aromatic carbocycles. The van der Waals surface area contributed by atoms with E-state index in [-0.39, 0.29) is 17.8 Å². The molecule has 168 valence electrons. The summed E-state index contributed by atoms with van der Waals surface area (Å²) in [7, 11) is 0.00462. The second-order valence-corrected chi connectivity index (χ2v) is 9.49. The van der Waals surface area contributed by atoms with Gasteiger partial charge in [-0.15, -0.1) is 0 Å². The van der Waals surface area contributed by atoms with E-state index in [1.165, 1.54) is 7.11 Å². The molecule has 3 unspecified atom stereocenters. The van der Waals surface area contributed by atoms with Crippen LogP contribution in [0.5, 0.6) is 11.5 Å². The molecule has 1 aliphatic rings. The third kappa shape index (κ3) is 4.02. The molecule has 0 saturated heterocycles. The van der Waals surface area contributed by atoms with E-state index in [0.29, 0.717) is 28.5 Å². The minimum absolute atomic E-state index is 0.168. The van der Waals surface area contributed by atoms with Gasteiger partial charge in [-0.2, -0.15) is 0 Å². The molecule has 3 heterocycles. The minimum atomic E-state index is -1.42. The first-order chi connectivity index (χ1) is 16.0. The van der Waals surface area contributed by atoms with E-state index in [1.807, 2.05) is 42.5 Å². The van der Waals surface area contributed by atoms with Crippen LogP contribution in [-0.4, -0.2) is 31.2 Å². The van der Waals surface area contributed by atoms with Crippen LogP contribution >= 0.6 is 0 Å². The van der Waals surface area contributed by atoms with Gasteiger partial charge in [0.05, 0.1) is 29.5 Å². The van der Waals surface area contributed by atoms with Gasteiger partial charge in [0.15, 0.2) is 16.6 Å². The summed E-state index contributed by atoms with van der Waals surface area (Å²) in [5.41, 5.74) is 2.56. The monoisotopic (exact) mass is 461 g/mol. The second-order valence-electron chi connectivity index (χ2n) is 8.13. The number of ether oxygens (including phenoxy) is 2. The molecule has 0 amide bonds. The van der Waals surface area contributed by atoms with Crippen LogP contribution in [-0.2, 0) is 26.9 Å². The SMILES string of the molecule is COC(=O)C1Cc2cc(Oc3ccnc4c3ccn4S(=O)c3ccccc3)cnc2C(C)C1. The van der Waals surface area contributed by atoms with Crippen LogP contribution in [0.2, 0.25) is 0 Å². The molecule has 0 fully saturated rings. The summed E-state index contributed by atoms with van der Waals surface area (Å²) in [6, 6.07) is 14.8. The van der Waals surface area contributed by atoms with Crippen molar-refractivity contribution in [2.24, 2.45) is 5.92 Å². The molecule has 5 rings (SSSR count). The predicted octanol–water partition coefficient (Wildman–Crippen LogP) is 4.63. The van der Waals surface area contributed by atoms with Gasteiger partial charge < -0.3 is 9.47 Å². The zero-order valence-electron chi connectivity index (χ0n) is 18.3. The maximum Gasteiger partial charge on any atom is 0.309 e. The maximum absolute atomic E-state index is 13.0. The van der Waals surface area contributed by atoms with Crippen LogP contribution < -0.4 is 4.74 Å². The summed E-state index contributed by atoms with van der Waals surface area (Å²) in [5.74, 6) is 0.975. The normalized spacial score (nSPS) is 18.5. The van der Waals surface area contributed by atoms with Crippen molar-refractivity contribution in [2.45, 2.75) is 30.6 Å². The number of nitrogens with zero attached hydrogens (tertiary/aromatic N) is 3. The topological polar surface area (TPSA) is 83.3 Å². The number of carbonyl (C=O) groups excluding carboxylic acids is 1. The predicted molar refractivity (Wildman–Crippen MR) is 125 cm³/mol. The third-order valence-corrected chi connectivity index (χ3v) is 7.28. The van der Waals surface area contributed by atoms with Crippen LogP contribution in [0.1, 0.15) is 30.5 Å². The Morgan fingerprint density at radius 3 is 2.76 bits per heavy atom. The number of hydrogen-bond donors (Lipinski definition) is 0. The Bertz CT molecular complexity index is 1350. The van der Waals surface area contributed by atoms with Gasteiger partial charge in [-0.05, 0) is 54.7 Å². The van der Waals surface area contributed by atoms with Crippen LogP contribution in [0.25, 0.3) is 11.0 Å². The van der Waals surface area contributed by atoms with E-state index in [9.17, 15) is 9.00 Å². The molecule has 1 aliphatic carbocycles. The highest BCUT2D eigenvalue weighted by Gasteiger charge is 2.31. The summed E-state index contributed by atoms with van der Waals surface area (Å²) in [5, 5.41) is 0.750. The van der Waals surface area contributed by atoms with Crippen LogP contribution in [0.3, 0.4) is 0 Å². The summed E-state index contributed by atoms with van der Waals surface area (Å²) in [4.78, 5) is 21.8. The number of rotatable bonds is 5. The van der Waals surface area contributed by atoms with Crippen LogP contribution in [0, 0.1) is 5.92 Å². The first-order valence-corrected chi connectivity index (χ1v) is 11.8. The lowest BCUT2D eigenvalue weighted by Gasteiger charge is -2.27. The standard InChI is InChI=1S/C25H23N3O4S/c1-16-12-18(25(29)31-2)13-17-14-19(15-27-23(16)17)32-22-8-10-26-24-21(22)9-11-28(24)33(30)20-6-4-3-5-7-20/h3-11,14-16,18H,12-13H2,1-2H3. The molecule has 4 aromatic rings. The number of esters is 1. The summed E-state index contributed by atoms with van der Waals surface area (Å²) in [6.07, 6.45) is 6.40. The fourth-order valence-corrected chi connectivity index (χ4v) is 5.48. The zero-order chi connectivity index (χ0) is 22.9. The molecule has 33 heavy (non-hydrogen) atoms. The molecular weight excluding hydrogens is 438 g/mol. The minimum Gasteiger partial charge on any atom is -0.469 e. The zero-order valence-corrected chi connectivity index (χ0v) is 19.1. The number of methoxy groups -OCH3 is 1. The summed E-state index contributed by atoms with van der Waals surface area (Å²) in [6.45, 7) is 2.07. The number of aromatic nitrogens is 3. The van der Waals surface area contributed by atoms with Gasteiger partial charge in [-0.1, -0.05) is 25.1 Å².